The van der Waals surface area contributed by atoms with Gasteiger partial charge in [0.15, 0.2) is 11.5 Å². The molecule has 142 valence electrons. The minimum atomic E-state index is -0.617. The maximum Gasteiger partial charge on any atom is 0.286 e. The minimum absolute atomic E-state index is 0.0852. The molecule has 1 N–H and O–H groups in total. The second kappa shape index (κ2) is 8.05. The number of amides is 1. The van der Waals surface area contributed by atoms with Crippen LogP contribution in [0.2, 0.25) is 0 Å². The van der Waals surface area contributed by atoms with Gasteiger partial charge in [-0.05, 0) is 12.0 Å². The van der Waals surface area contributed by atoms with Crippen LogP contribution in [-0.4, -0.2) is 47.1 Å². The van der Waals surface area contributed by atoms with Gasteiger partial charge in [-0.2, -0.15) is 0 Å². The molecule has 27 heavy (non-hydrogen) atoms. The van der Waals surface area contributed by atoms with Crippen molar-refractivity contribution in [1.82, 2.24) is 4.90 Å². The SMILES string of the molecule is COc1cc(C(=O)N2CCC(O)C2)c([N+](=O)[O-])cc1OCc1ccccc1. The molecule has 1 heterocycles. The number of nitro benzene ring substituents is 1. The number of hydrogen-bond acceptors (Lipinski definition) is 6. The van der Waals surface area contributed by atoms with Gasteiger partial charge in [0.05, 0.1) is 24.2 Å². The monoisotopic (exact) mass is 372 g/mol. The summed E-state index contributed by atoms with van der Waals surface area (Å²) in [5.74, 6) is -0.0863. The van der Waals surface area contributed by atoms with E-state index in [0.717, 1.165) is 5.56 Å². The first kappa shape index (κ1) is 18.7. The van der Waals surface area contributed by atoms with Crippen LogP contribution in [-0.2, 0) is 6.61 Å². The number of nitrogens with zero attached hydrogens (tertiary/aromatic N) is 2. The number of likely N-dealkylation sites (tertiary alicyclic amines) is 1. The Morgan fingerprint density at radius 2 is 2.04 bits per heavy atom. The summed E-state index contributed by atoms with van der Waals surface area (Å²) in [6.07, 6.45) is -0.155. The lowest BCUT2D eigenvalue weighted by molar-refractivity contribution is -0.385. The second-order valence-corrected chi connectivity index (χ2v) is 6.25. The number of carbonyl (C=O) groups excluding carboxylic acids is 1. The zero-order valence-corrected chi connectivity index (χ0v) is 14.8. The van der Waals surface area contributed by atoms with Crippen molar-refractivity contribution in [3.8, 4) is 11.5 Å². The van der Waals surface area contributed by atoms with Crippen LogP contribution in [0.3, 0.4) is 0 Å². The van der Waals surface area contributed by atoms with Crippen LogP contribution in [0.5, 0.6) is 11.5 Å². The molecule has 0 saturated carbocycles. The molecule has 2 aromatic rings. The number of β-amino-alcohol motifs (C(OH)–C–C–N with tert-alkyl or cyclic N) is 1. The molecular weight excluding hydrogens is 352 g/mol. The standard InChI is InChI=1S/C19H20N2O6/c1-26-17-9-15(19(23)20-8-7-14(22)11-20)16(21(24)25)10-18(17)27-12-13-5-3-2-4-6-13/h2-6,9-10,14,22H,7-8,11-12H2,1H3. The molecule has 0 aliphatic carbocycles. The van der Waals surface area contributed by atoms with Crippen molar-refractivity contribution in [1.29, 1.82) is 0 Å². The first-order chi connectivity index (χ1) is 13.0. The number of carbonyl (C=O) groups is 1. The van der Waals surface area contributed by atoms with Gasteiger partial charge in [0.2, 0.25) is 0 Å². The minimum Gasteiger partial charge on any atom is -0.493 e. The number of aliphatic hydroxyl groups is 1. The maximum absolute atomic E-state index is 12.7. The van der Waals surface area contributed by atoms with Gasteiger partial charge in [-0.3, -0.25) is 14.9 Å². The first-order valence-corrected chi connectivity index (χ1v) is 8.50. The Morgan fingerprint density at radius 1 is 1.30 bits per heavy atom. The van der Waals surface area contributed by atoms with E-state index in [-0.39, 0.29) is 35.9 Å². The Hall–Kier alpha value is -3.13. The summed E-state index contributed by atoms with van der Waals surface area (Å²) in [7, 11) is 1.41. The van der Waals surface area contributed by atoms with Crippen molar-refractivity contribution in [2.24, 2.45) is 0 Å². The van der Waals surface area contributed by atoms with Crippen LogP contribution < -0.4 is 9.47 Å². The number of aliphatic hydroxyl groups excluding tert-OH is 1. The van der Waals surface area contributed by atoms with E-state index in [1.54, 1.807) is 0 Å². The van der Waals surface area contributed by atoms with Crippen LogP contribution in [0.25, 0.3) is 0 Å². The number of rotatable bonds is 6. The summed E-state index contributed by atoms with van der Waals surface area (Å²) in [6.45, 7) is 0.719. The van der Waals surface area contributed by atoms with E-state index in [4.69, 9.17) is 9.47 Å². The Labute approximate surface area is 156 Å². The van der Waals surface area contributed by atoms with E-state index in [1.165, 1.54) is 24.1 Å². The van der Waals surface area contributed by atoms with Gasteiger partial charge in [-0.1, -0.05) is 30.3 Å². The largest absolute Gasteiger partial charge is 0.493 e. The molecule has 3 rings (SSSR count). The molecule has 1 unspecified atom stereocenters. The number of methoxy groups -OCH3 is 1. The summed E-state index contributed by atoms with van der Waals surface area (Å²) in [5.41, 5.74) is 0.455. The molecule has 1 amide bonds. The van der Waals surface area contributed by atoms with Gasteiger partial charge in [0.25, 0.3) is 11.6 Å². The van der Waals surface area contributed by atoms with Crippen LogP contribution in [0.15, 0.2) is 42.5 Å². The van der Waals surface area contributed by atoms with E-state index in [0.29, 0.717) is 13.0 Å². The summed E-state index contributed by atoms with van der Waals surface area (Å²) in [6, 6.07) is 11.9. The van der Waals surface area contributed by atoms with Gasteiger partial charge in [0, 0.05) is 19.2 Å². The van der Waals surface area contributed by atoms with Crippen molar-refractivity contribution in [2.75, 3.05) is 20.2 Å². The van der Waals surface area contributed by atoms with E-state index in [1.807, 2.05) is 30.3 Å². The molecule has 0 aromatic heterocycles. The van der Waals surface area contributed by atoms with Crippen molar-refractivity contribution in [3.63, 3.8) is 0 Å². The highest BCUT2D eigenvalue weighted by molar-refractivity contribution is 5.99. The Balaban J connectivity index is 1.90. The fraction of sp³-hybridized carbons (Fsp3) is 0.316. The van der Waals surface area contributed by atoms with Gasteiger partial charge >= 0.3 is 0 Å². The first-order valence-electron chi connectivity index (χ1n) is 8.50. The van der Waals surface area contributed by atoms with Crippen LogP contribution in [0.1, 0.15) is 22.3 Å². The van der Waals surface area contributed by atoms with E-state index >= 15 is 0 Å². The summed E-state index contributed by atoms with van der Waals surface area (Å²) in [5, 5.41) is 21.1. The lowest BCUT2D eigenvalue weighted by atomic mass is 10.1. The zero-order chi connectivity index (χ0) is 19.4. The third kappa shape index (κ3) is 4.17. The fourth-order valence-corrected chi connectivity index (χ4v) is 2.98. The normalized spacial score (nSPS) is 16.2. The van der Waals surface area contributed by atoms with Gasteiger partial charge in [-0.25, -0.2) is 0 Å². The number of benzene rings is 2. The predicted octanol–water partition coefficient (Wildman–Crippen LogP) is 2.39. The number of ether oxygens (including phenoxy) is 2. The topological polar surface area (TPSA) is 102 Å². The van der Waals surface area contributed by atoms with Crippen LogP contribution in [0, 0.1) is 10.1 Å². The average molecular weight is 372 g/mol. The Kier molecular flexibility index (Phi) is 5.56. The lowest BCUT2D eigenvalue weighted by Crippen LogP contribution is -2.30. The molecule has 2 aromatic carbocycles. The van der Waals surface area contributed by atoms with Crippen LogP contribution in [0.4, 0.5) is 5.69 Å². The maximum atomic E-state index is 12.7. The molecule has 1 atom stereocenters. The molecule has 1 aliphatic rings. The zero-order valence-electron chi connectivity index (χ0n) is 14.8. The summed E-state index contributed by atoms with van der Waals surface area (Å²) < 4.78 is 11.0. The average Bonchev–Trinajstić information content (AvgIpc) is 3.12. The number of hydrogen-bond donors (Lipinski definition) is 1. The molecule has 0 spiro atoms. The molecule has 1 aliphatic heterocycles. The van der Waals surface area contributed by atoms with Gasteiger partial charge in [-0.15, -0.1) is 0 Å². The van der Waals surface area contributed by atoms with Crippen LogP contribution >= 0.6 is 0 Å². The lowest BCUT2D eigenvalue weighted by Gasteiger charge is -2.17. The third-order valence-electron chi connectivity index (χ3n) is 4.40. The van der Waals surface area contributed by atoms with Crippen molar-refractivity contribution < 1.29 is 24.3 Å². The highest BCUT2D eigenvalue weighted by Crippen LogP contribution is 2.36. The van der Waals surface area contributed by atoms with Crippen molar-refractivity contribution >= 4 is 11.6 Å². The van der Waals surface area contributed by atoms with Crippen molar-refractivity contribution in [2.45, 2.75) is 19.1 Å². The highest BCUT2D eigenvalue weighted by Gasteiger charge is 2.31. The molecular formula is C19H20N2O6. The smallest absolute Gasteiger partial charge is 0.286 e. The summed E-state index contributed by atoms with van der Waals surface area (Å²) >= 11 is 0. The van der Waals surface area contributed by atoms with Gasteiger partial charge in [0.1, 0.15) is 12.2 Å². The van der Waals surface area contributed by atoms with Gasteiger partial charge < -0.3 is 19.5 Å². The number of nitro groups is 1. The van der Waals surface area contributed by atoms with E-state index < -0.39 is 16.9 Å². The van der Waals surface area contributed by atoms with Crippen molar-refractivity contribution in [3.05, 3.63) is 63.7 Å². The predicted molar refractivity (Wildman–Crippen MR) is 96.9 cm³/mol. The van der Waals surface area contributed by atoms with E-state index in [2.05, 4.69) is 0 Å². The Morgan fingerprint density at radius 3 is 2.63 bits per heavy atom. The Bertz CT molecular complexity index is 840. The third-order valence-corrected chi connectivity index (χ3v) is 4.40. The summed E-state index contributed by atoms with van der Waals surface area (Å²) in [4.78, 5) is 25.0. The fourth-order valence-electron chi connectivity index (χ4n) is 2.98. The molecule has 8 nitrogen and oxygen atoms in total. The highest BCUT2D eigenvalue weighted by atomic mass is 16.6. The molecule has 0 bridgehead atoms. The second-order valence-electron chi connectivity index (χ2n) is 6.25. The van der Waals surface area contributed by atoms with E-state index in [9.17, 15) is 20.0 Å². The molecule has 1 saturated heterocycles. The molecule has 1 fully saturated rings. The quantitative estimate of drug-likeness (QED) is 0.617. The molecule has 8 heteroatoms. The molecule has 0 radical (unpaired) electrons.